The molecule has 0 bridgehead atoms. The van der Waals surface area contributed by atoms with Crippen LogP contribution in [0.1, 0.15) is 11.1 Å². The zero-order valence-corrected chi connectivity index (χ0v) is 14.9. The van der Waals surface area contributed by atoms with E-state index in [2.05, 4.69) is 50.5 Å². The number of hydrogen-bond donors (Lipinski definition) is 3. The molecule has 0 saturated heterocycles. The van der Waals surface area contributed by atoms with Gasteiger partial charge < -0.3 is 10.2 Å². The van der Waals surface area contributed by atoms with Gasteiger partial charge in [0.05, 0.1) is 7.14 Å². The first-order chi connectivity index (χ1) is 7.50. The number of benzene rings is 1. The molecular weight excluding hydrogens is 507 g/mol. The lowest BCUT2D eigenvalue weighted by molar-refractivity contribution is -0.139. The fourth-order valence-corrected chi connectivity index (χ4v) is 3.75. The molecule has 2 rings (SSSR count). The van der Waals surface area contributed by atoms with Crippen molar-refractivity contribution in [3.63, 3.8) is 0 Å². The van der Waals surface area contributed by atoms with Gasteiger partial charge in [-0.15, -0.1) is 24.8 Å². The molecule has 0 aliphatic carbocycles. The maximum Gasteiger partial charge on any atom is 0.321 e. The maximum absolute atomic E-state index is 10.9. The number of carboxylic acids is 1. The van der Waals surface area contributed by atoms with Gasteiger partial charge in [-0.2, -0.15) is 0 Å². The second kappa shape index (κ2) is 7.32. The molecule has 0 amide bonds. The van der Waals surface area contributed by atoms with Gasteiger partial charge in [-0.25, -0.2) is 0 Å². The number of carbonyl (C=O) groups is 1. The number of rotatable bonds is 1. The lowest BCUT2D eigenvalue weighted by Gasteiger charge is -2.24. The van der Waals surface area contributed by atoms with E-state index < -0.39 is 12.0 Å². The summed E-state index contributed by atoms with van der Waals surface area (Å²) in [5.41, 5.74) is 2.02. The Hall–Kier alpha value is 0.490. The van der Waals surface area contributed by atoms with Gasteiger partial charge in [-0.1, -0.05) is 0 Å². The summed E-state index contributed by atoms with van der Waals surface area (Å²) in [5.74, 6) is -0.542. The van der Waals surface area contributed by atoms with E-state index in [1.165, 1.54) is 0 Å². The monoisotopic (exact) mass is 517 g/mol. The smallest absolute Gasteiger partial charge is 0.321 e. The van der Waals surface area contributed by atoms with Gasteiger partial charge in [-0.3, -0.25) is 10.1 Å². The largest absolute Gasteiger partial charge is 0.506 e. The first-order valence-corrected chi connectivity index (χ1v) is 6.81. The van der Waals surface area contributed by atoms with Gasteiger partial charge in [0, 0.05) is 6.54 Å². The van der Waals surface area contributed by atoms with Gasteiger partial charge in [0.2, 0.25) is 0 Å². The van der Waals surface area contributed by atoms with E-state index in [-0.39, 0.29) is 30.6 Å². The number of carboxylic acid groups (broad SMARTS) is 1. The van der Waals surface area contributed by atoms with Crippen molar-refractivity contribution in [2.24, 2.45) is 0 Å². The quantitative estimate of drug-likeness (QED) is 0.501. The number of phenols is 1. The normalized spacial score (nSPS) is 17.1. The number of aromatic hydroxyl groups is 1. The van der Waals surface area contributed by atoms with Crippen LogP contribution >= 0.6 is 70.0 Å². The van der Waals surface area contributed by atoms with E-state index in [0.717, 1.165) is 18.3 Å². The van der Waals surface area contributed by atoms with Crippen molar-refractivity contribution in [1.82, 2.24) is 5.32 Å². The summed E-state index contributed by atoms with van der Waals surface area (Å²) in [6, 6.07) is 1.34. The molecule has 1 aliphatic rings. The molecule has 4 nitrogen and oxygen atoms in total. The lowest BCUT2D eigenvalue weighted by Crippen LogP contribution is -2.42. The van der Waals surface area contributed by atoms with Crippen molar-refractivity contribution in [3.05, 3.63) is 24.3 Å². The summed E-state index contributed by atoms with van der Waals surface area (Å²) in [6.45, 7) is 0.495. The molecule has 1 aromatic carbocycles. The molecule has 1 aliphatic heterocycles. The Morgan fingerprint density at radius 1 is 1.39 bits per heavy atom. The van der Waals surface area contributed by atoms with Crippen molar-refractivity contribution in [1.29, 1.82) is 0 Å². The molecule has 1 unspecified atom stereocenters. The Bertz CT molecular complexity index is 471. The zero-order valence-electron chi connectivity index (χ0n) is 8.94. The minimum Gasteiger partial charge on any atom is -0.506 e. The van der Waals surface area contributed by atoms with Crippen LogP contribution in [0.2, 0.25) is 0 Å². The van der Waals surface area contributed by atoms with Crippen LogP contribution in [-0.4, -0.2) is 22.2 Å². The molecule has 0 spiro atoms. The Kier molecular flexibility index (Phi) is 7.52. The number of phenolic OH excluding ortho intramolecular Hbond substituents is 1. The zero-order chi connectivity index (χ0) is 11.9. The summed E-state index contributed by atoms with van der Waals surface area (Å²) < 4.78 is 1.59. The summed E-state index contributed by atoms with van der Waals surface area (Å²) in [6.07, 6.45) is 0.469. The highest BCUT2D eigenvalue weighted by atomic mass is 127. The van der Waals surface area contributed by atoms with Gasteiger partial charge in [0.1, 0.15) is 11.8 Å². The van der Waals surface area contributed by atoms with Gasteiger partial charge in [-0.05, 0) is 68.8 Å². The molecule has 102 valence electrons. The average molecular weight is 518 g/mol. The molecule has 1 atom stereocenters. The molecule has 18 heavy (non-hydrogen) atoms. The third-order valence-electron chi connectivity index (χ3n) is 2.64. The molecule has 0 aromatic heterocycles. The van der Waals surface area contributed by atoms with E-state index in [9.17, 15) is 9.90 Å². The van der Waals surface area contributed by atoms with E-state index in [1.54, 1.807) is 0 Å². The Morgan fingerprint density at radius 3 is 2.56 bits per heavy atom. The van der Waals surface area contributed by atoms with E-state index in [1.807, 2.05) is 6.07 Å². The van der Waals surface area contributed by atoms with Crippen LogP contribution in [0.3, 0.4) is 0 Å². The second-order valence-corrected chi connectivity index (χ2v) is 5.88. The van der Waals surface area contributed by atoms with Crippen LogP contribution in [-0.2, 0) is 17.8 Å². The molecule has 1 heterocycles. The number of fused-ring (bicyclic) bond motifs is 1. The van der Waals surface area contributed by atoms with Crippen LogP contribution in [0.15, 0.2) is 6.07 Å². The van der Waals surface area contributed by atoms with Crippen molar-refractivity contribution in [2.75, 3.05) is 0 Å². The topological polar surface area (TPSA) is 69.6 Å². The van der Waals surface area contributed by atoms with E-state index in [4.69, 9.17) is 5.11 Å². The van der Waals surface area contributed by atoms with Crippen LogP contribution in [0, 0.1) is 7.14 Å². The predicted molar refractivity (Wildman–Crippen MR) is 90.0 cm³/mol. The minimum absolute atomic E-state index is 0. The first-order valence-electron chi connectivity index (χ1n) is 4.65. The molecule has 0 saturated carbocycles. The highest BCUT2D eigenvalue weighted by Crippen LogP contribution is 2.33. The van der Waals surface area contributed by atoms with Crippen LogP contribution < -0.4 is 5.32 Å². The van der Waals surface area contributed by atoms with Gasteiger partial charge in [0.15, 0.2) is 0 Å². The number of aliphatic carboxylic acids is 1. The molecule has 1 aromatic rings. The Labute approximate surface area is 144 Å². The predicted octanol–water partition coefficient (Wildman–Crippen LogP) is 2.54. The maximum atomic E-state index is 10.9. The Balaban J connectivity index is 0.00000144. The van der Waals surface area contributed by atoms with E-state index in [0.29, 0.717) is 13.0 Å². The average Bonchev–Trinajstić information content (AvgIpc) is 2.25. The van der Waals surface area contributed by atoms with Crippen LogP contribution in [0.5, 0.6) is 5.75 Å². The second-order valence-electron chi connectivity index (χ2n) is 3.63. The van der Waals surface area contributed by atoms with E-state index >= 15 is 0 Å². The van der Waals surface area contributed by atoms with Crippen LogP contribution in [0.4, 0.5) is 0 Å². The lowest BCUT2D eigenvalue weighted by atomic mass is 9.96. The number of nitrogens with one attached hydrogen (secondary N) is 1. The third kappa shape index (κ3) is 3.53. The number of hydrogen-bond acceptors (Lipinski definition) is 3. The van der Waals surface area contributed by atoms with Crippen molar-refractivity contribution in [2.45, 2.75) is 19.0 Å². The molecule has 0 radical (unpaired) electrons. The molecule has 0 fully saturated rings. The summed E-state index contributed by atoms with van der Waals surface area (Å²) in [7, 11) is 0. The molecule has 3 N–H and O–H groups in total. The van der Waals surface area contributed by atoms with Gasteiger partial charge in [0.25, 0.3) is 0 Å². The molecular formula is C10H11Cl2I2NO3. The molecule has 8 heteroatoms. The highest BCUT2D eigenvalue weighted by molar-refractivity contribution is 14.1. The number of halogens is 4. The van der Waals surface area contributed by atoms with Gasteiger partial charge >= 0.3 is 5.97 Å². The van der Waals surface area contributed by atoms with Crippen molar-refractivity contribution in [3.8, 4) is 5.75 Å². The van der Waals surface area contributed by atoms with Crippen molar-refractivity contribution >= 4 is 76.0 Å². The summed E-state index contributed by atoms with van der Waals surface area (Å²) in [5, 5.41) is 21.7. The fraction of sp³-hybridized carbons (Fsp3) is 0.300. The van der Waals surface area contributed by atoms with Crippen LogP contribution in [0.25, 0.3) is 0 Å². The highest BCUT2D eigenvalue weighted by Gasteiger charge is 2.26. The SMILES string of the molecule is Cl.Cl.O=C(O)C1Cc2cc(I)c(O)c(I)c2CN1. The fourth-order valence-electron chi connectivity index (χ4n) is 1.76. The minimum atomic E-state index is -0.830. The Morgan fingerprint density at radius 2 is 2.00 bits per heavy atom. The summed E-state index contributed by atoms with van der Waals surface area (Å²) >= 11 is 4.15. The van der Waals surface area contributed by atoms with Crippen molar-refractivity contribution < 1.29 is 15.0 Å². The third-order valence-corrected chi connectivity index (χ3v) is 4.62. The standard InChI is InChI=1S/C10H9I2NO3.2ClH/c11-6-1-4-2-7(10(15)16)13-3-5(4)8(12)9(6)14;;/h1,7,13-14H,2-3H2,(H,15,16);2*1H. The summed E-state index contributed by atoms with van der Waals surface area (Å²) in [4.78, 5) is 10.9. The first kappa shape index (κ1) is 18.5.